The van der Waals surface area contributed by atoms with Crippen LogP contribution in [0.3, 0.4) is 0 Å². The first kappa shape index (κ1) is 13.1. The van der Waals surface area contributed by atoms with E-state index in [0.29, 0.717) is 5.75 Å². The quantitative estimate of drug-likeness (QED) is 0.865. The Morgan fingerprint density at radius 2 is 2.11 bits per heavy atom. The van der Waals surface area contributed by atoms with Crippen molar-refractivity contribution in [1.29, 1.82) is 0 Å². The standard InChI is InChI=1S/C11H16N2O4S/c1-7(2)16-10-5-9(17-8-3-4-8)6-13-11(10)18(12,14)15/h5-8H,3-4H2,1-2H3,(H2,12,14,15). The van der Waals surface area contributed by atoms with Gasteiger partial charge in [0.25, 0.3) is 10.0 Å². The first-order valence-electron chi connectivity index (χ1n) is 5.72. The van der Waals surface area contributed by atoms with Crippen molar-refractivity contribution < 1.29 is 17.9 Å². The van der Waals surface area contributed by atoms with Crippen LogP contribution in [0.1, 0.15) is 26.7 Å². The van der Waals surface area contributed by atoms with Gasteiger partial charge in [-0.2, -0.15) is 0 Å². The molecular formula is C11H16N2O4S. The molecule has 1 aromatic rings. The monoisotopic (exact) mass is 272 g/mol. The van der Waals surface area contributed by atoms with Gasteiger partial charge in [0.1, 0.15) is 5.75 Å². The Kier molecular flexibility index (Phi) is 3.45. The summed E-state index contributed by atoms with van der Waals surface area (Å²) >= 11 is 0. The molecule has 0 atom stereocenters. The highest BCUT2D eigenvalue weighted by molar-refractivity contribution is 7.89. The lowest BCUT2D eigenvalue weighted by Gasteiger charge is -2.13. The number of ether oxygens (including phenoxy) is 2. The number of hydrogen-bond donors (Lipinski definition) is 1. The molecule has 1 aliphatic carbocycles. The molecule has 1 saturated carbocycles. The second kappa shape index (κ2) is 4.74. The maximum Gasteiger partial charge on any atom is 0.259 e. The molecule has 1 fully saturated rings. The third kappa shape index (κ3) is 3.33. The minimum atomic E-state index is -3.90. The fourth-order valence-corrected chi connectivity index (χ4v) is 2.00. The molecule has 18 heavy (non-hydrogen) atoms. The van der Waals surface area contributed by atoms with Crippen LogP contribution in [0.2, 0.25) is 0 Å². The van der Waals surface area contributed by atoms with Crippen LogP contribution in [0.4, 0.5) is 0 Å². The van der Waals surface area contributed by atoms with Crippen molar-refractivity contribution in [2.45, 2.75) is 43.9 Å². The molecule has 0 unspecified atom stereocenters. The van der Waals surface area contributed by atoms with Crippen molar-refractivity contribution in [2.75, 3.05) is 0 Å². The fourth-order valence-electron chi connectivity index (χ4n) is 1.41. The van der Waals surface area contributed by atoms with Gasteiger partial charge < -0.3 is 9.47 Å². The highest BCUT2D eigenvalue weighted by Crippen LogP contribution is 2.31. The van der Waals surface area contributed by atoms with Gasteiger partial charge in [-0.15, -0.1) is 0 Å². The average molecular weight is 272 g/mol. The third-order valence-electron chi connectivity index (χ3n) is 2.25. The van der Waals surface area contributed by atoms with Gasteiger partial charge in [0, 0.05) is 6.07 Å². The van der Waals surface area contributed by atoms with E-state index in [1.165, 1.54) is 12.3 Å². The van der Waals surface area contributed by atoms with E-state index >= 15 is 0 Å². The van der Waals surface area contributed by atoms with Gasteiger partial charge >= 0.3 is 0 Å². The van der Waals surface area contributed by atoms with Gasteiger partial charge in [-0.25, -0.2) is 18.5 Å². The highest BCUT2D eigenvalue weighted by Gasteiger charge is 2.25. The Morgan fingerprint density at radius 1 is 1.44 bits per heavy atom. The first-order chi connectivity index (χ1) is 8.36. The third-order valence-corrected chi connectivity index (χ3v) is 3.10. The maximum atomic E-state index is 11.4. The molecule has 7 heteroatoms. The summed E-state index contributed by atoms with van der Waals surface area (Å²) in [4.78, 5) is 3.82. The largest absolute Gasteiger partial charge is 0.489 e. The summed E-state index contributed by atoms with van der Waals surface area (Å²) in [5.74, 6) is 0.631. The molecule has 0 aromatic carbocycles. The van der Waals surface area contributed by atoms with Crippen LogP contribution in [0.5, 0.6) is 11.5 Å². The van der Waals surface area contributed by atoms with Gasteiger partial charge in [0.05, 0.1) is 18.4 Å². The molecule has 0 aliphatic heterocycles. The number of sulfonamides is 1. The topological polar surface area (TPSA) is 91.5 Å². The highest BCUT2D eigenvalue weighted by atomic mass is 32.2. The molecule has 1 aliphatic rings. The number of nitrogens with zero attached hydrogens (tertiary/aromatic N) is 1. The van der Waals surface area contributed by atoms with Crippen LogP contribution in [0, 0.1) is 0 Å². The smallest absolute Gasteiger partial charge is 0.259 e. The van der Waals surface area contributed by atoms with Crippen LogP contribution >= 0.6 is 0 Å². The summed E-state index contributed by atoms with van der Waals surface area (Å²) in [6.07, 6.45) is 3.40. The molecule has 0 amide bonds. The Bertz CT molecular complexity index is 538. The predicted octanol–water partition coefficient (Wildman–Crippen LogP) is 1.06. The number of aromatic nitrogens is 1. The number of hydrogen-bond acceptors (Lipinski definition) is 5. The minimum absolute atomic E-state index is 0.130. The molecule has 1 aromatic heterocycles. The lowest BCUT2D eigenvalue weighted by atomic mass is 10.4. The maximum absolute atomic E-state index is 11.4. The number of primary sulfonamides is 1. The zero-order valence-electron chi connectivity index (χ0n) is 10.3. The van der Waals surface area contributed by atoms with Gasteiger partial charge in [0.15, 0.2) is 5.75 Å². The van der Waals surface area contributed by atoms with Crippen molar-refractivity contribution in [1.82, 2.24) is 4.98 Å². The van der Waals surface area contributed by atoms with Crippen molar-refractivity contribution >= 4 is 10.0 Å². The van der Waals surface area contributed by atoms with Gasteiger partial charge in [-0.05, 0) is 26.7 Å². The zero-order valence-corrected chi connectivity index (χ0v) is 11.1. The summed E-state index contributed by atoms with van der Waals surface area (Å²) in [6.45, 7) is 3.59. The minimum Gasteiger partial charge on any atom is -0.489 e. The number of pyridine rings is 1. The predicted molar refractivity (Wildman–Crippen MR) is 65.0 cm³/mol. The molecule has 0 radical (unpaired) electrons. The van der Waals surface area contributed by atoms with Crippen LogP contribution in [0.15, 0.2) is 17.3 Å². The molecule has 2 rings (SSSR count). The van der Waals surface area contributed by atoms with Crippen LogP contribution in [-0.2, 0) is 10.0 Å². The van der Waals surface area contributed by atoms with Gasteiger partial charge in [-0.1, -0.05) is 0 Å². The second-order valence-electron chi connectivity index (χ2n) is 4.50. The lowest BCUT2D eigenvalue weighted by molar-refractivity contribution is 0.230. The normalized spacial score (nSPS) is 15.8. The molecule has 2 N–H and O–H groups in total. The van der Waals surface area contributed by atoms with E-state index in [2.05, 4.69) is 4.98 Å². The Balaban J connectivity index is 2.34. The molecule has 1 heterocycles. The van der Waals surface area contributed by atoms with E-state index in [-0.39, 0.29) is 23.0 Å². The summed E-state index contributed by atoms with van der Waals surface area (Å²) in [5.41, 5.74) is 0. The van der Waals surface area contributed by atoms with E-state index < -0.39 is 10.0 Å². The Labute approximate surface area is 106 Å². The summed E-state index contributed by atoms with van der Waals surface area (Å²) in [6, 6.07) is 1.52. The summed E-state index contributed by atoms with van der Waals surface area (Å²) < 4.78 is 33.7. The zero-order chi connectivity index (χ0) is 13.3. The SMILES string of the molecule is CC(C)Oc1cc(OC2CC2)cnc1S(N)(=O)=O. The summed E-state index contributed by atoms with van der Waals surface area (Å²) in [7, 11) is -3.90. The van der Waals surface area contributed by atoms with E-state index in [9.17, 15) is 8.42 Å². The van der Waals surface area contributed by atoms with Crippen LogP contribution in [-0.4, -0.2) is 25.6 Å². The van der Waals surface area contributed by atoms with E-state index in [1.807, 2.05) is 0 Å². The molecular weight excluding hydrogens is 256 g/mol. The Hall–Kier alpha value is -1.34. The lowest BCUT2D eigenvalue weighted by Crippen LogP contribution is -2.17. The van der Waals surface area contributed by atoms with Crippen LogP contribution in [0.25, 0.3) is 0 Å². The molecule has 100 valence electrons. The molecule has 0 spiro atoms. The van der Waals surface area contributed by atoms with Crippen molar-refractivity contribution in [3.8, 4) is 11.5 Å². The number of rotatable bonds is 5. The van der Waals surface area contributed by atoms with E-state index in [4.69, 9.17) is 14.6 Å². The number of nitrogens with two attached hydrogens (primary N) is 1. The second-order valence-corrected chi connectivity index (χ2v) is 5.98. The Morgan fingerprint density at radius 3 is 2.61 bits per heavy atom. The van der Waals surface area contributed by atoms with Crippen LogP contribution < -0.4 is 14.6 Å². The average Bonchev–Trinajstić information content (AvgIpc) is 2.98. The summed E-state index contributed by atoms with van der Waals surface area (Å²) in [5, 5.41) is 4.82. The fraction of sp³-hybridized carbons (Fsp3) is 0.545. The first-order valence-corrected chi connectivity index (χ1v) is 7.27. The molecule has 0 saturated heterocycles. The van der Waals surface area contributed by atoms with Gasteiger partial charge in [-0.3, -0.25) is 0 Å². The van der Waals surface area contributed by atoms with Crippen molar-refractivity contribution in [3.63, 3.8) is 0 Å². The molecule has 0 bridgehead atoms. The van der Waals surface area contributed by atoms with E-state index in [0.717, 1.165) is 12.8 Å². The van der Waals surface area contributed by atoms with Gasteiger partial charge in [0.2, 0.25) is 5.03 Å². The van der Waals surface area contributed by atoms with Crippen molar-refractivity contribution in [2.24, 2.45) is 5.14 Å². The molecule has 6 nitrogen and oxygen atoms in total. The van der Waals surface area contributed by atoms with E-state index in [1.54, 1.807) is 13.8 Å². The van der Waals surface area contributed by atoms with Crippen molar-refractivity contribution in [3.05, 3.63) is 12.3 Å².